The molecule has 1 aliphatic rings. The summed E-state index contributed by atoms with van der Waals surface area (Å²) in [6.07, 6.45) is -5.35. The molecule has 1 amide bonds. The summed E-state index contributed by atoms with van der Waals surface area (Å²) in [4.78, 5) is 18.1. The van der Waals surface area contributed by atoms with Gasteiger partial charge in [0.2, 0.25) is 5.82 Å². The van der Waals surface area contributed by atoms with Crippen LogP contribution in [0.5, 0.6) is 5.75 Å². The highest BCUT2D eigenvalue weighted by Gasteiger charge is 2.40. The summed E-state index contributed by atoms with van der Waals surface area (Å²) < 4.78 is 57.9. The molecule has 0 unspecified atom stereocenters. The van der Waals surface area contributed by atoms with E-state index in [9.17, 15) is 23.1 Å². The van der Waals surface area contributed by atoms with Gasteiger partial charge in [-0.1, -0.05) is 36.0 Å². The topological polar surface area (TPSA) is 110 Å². The lowest BCUT2D eigenvalue weighted by atomic mass is 9.97. The Hall–Kier alpha value is -4.06. The van der Waals surface area contributed by atoms with Crippen LogP contribution in [-0.4, -0.2) is 51.6 Å². The normalized spacial score (nSPS) is 17.4. The number of alkyl carbamates (subject to hydrolysis) is 1. The Morgan fingerprint density at radius 3 is 2.51 bits per heavy atom. The van der Waals surface area contributed by atoms with Gasteiger partial charge in [0.05, 0.1) is 18.8 Å². The van der Waals surface area contributed by atoms with Gasteiger partial charge in [-0.3, -0.25) is 5.32 Å². The molecule has 2 atom stereocenters. The van der Waals surface area contributed by atoms with Crippen molar-refractivity contribution in [3.8, 4) is 17.1 Å². The summed E-state index contributed by atoms with van der Waals surface area (Å²) in [7, 11) is 1.55. The molecule has 4 rings (SSSR count). The highest BCUT2D eigenvalue weighted by molar-refractivity contribution is 5.69. The van der Waals surface area contributed by atoms with E-state index in [0.717, 1.165) is 11.6 Å². The number of alkyl halides is 3. The molecule has 2 aromatic carbocycles. The first kappa shape index (κ1) is 29.9. The van der Waals surface area contributed by atoms with Crippen molar-refractivity contribution in [2.45, 2.75) is 64.0 Å². The number of aliphatic hydroxyl groups is 1. The van der Waals surface area contributed by atoms with E-state index in [-0.39, 0.29) is 35.1 Å². The van der Waals surface area contributed by atoms with Gasteiger partial charge in [-0.2, -0.15) is 18.2 Å². The highest BCUT2D eigenvalue weighted by atomic mass is 19.4. The second kappa shape index (κ2) is 11.8. The van der Waals surface area contributed by atoms with E-state index >= 15 is 0 Å². The van der Waals surface area contributed by atoms with Crippen LogP contribution in [0.4, 0.5) is 18.0 Å². The monoisotopic (exact) mass is 574 g/mol. The number of carbonyl (C=O) groups is 1. The van der Waals surface area contributed by atoms with E-state index in [1.54, 1.807) is 44.9 Å². The molecular formula is C29H33F3N4O5. The molecule has 41 heavy (non-hydrogen) atoms. The molecule has 2 heterocycles. The fraction of sp³-hybridized carbons (Fsp3) is 0.414. The molecule has 9 nitrogen and oxygen atoms in total. The van der Waals surface area contributed by atoms with E-state index in [2.05, 4.69) is 22.0 Å². The number of likely N-dealkylation sites (tertiary alicyclic amines) is 1. The van der Waals surface area contributed by atoms with Gasteiger partial charge in [0.25, 0.3) is 5.89 Å². The Kier molecular flexibility index (Phi) is 8.62. The Labute approximate surface area is 235 Å². The minimum absolute atomic E-state index is 0.0192. The average molecular weight is 575 g/mol. The number of aromatic nitrogens is 2. The molecule has 12 heteroatoms. The fourth-order valence-electron chi connectivity index (χ4n) is 4.61. The highest BCUT2D eigenvalue weighted by Crippen LogP contribution is 2.37. The van der Waals surface area contributed by atoms with Crippen molar-refractivity contribution in [2.75, 3.05) is 13.7 Å². The SMILES string of the molecule is C=C(NC(=O)OC(C)(C)C)N1CC[C@H](O)[C@H]1c1nc(-c2ccc(CCc3ccc(OC)cc3)c(C(F)(F)F)c2)no1. The van der Waals surface area contributed by atoms with Crippen LogP contribution < -0.4 is 10.1 Å². The maximum Gasteiger partial charge on any atom is 0.416 e. The molecule has 0 spiro atoms. The van der Waals surface area contributed by atoms with Crippen LogP contribution in [0.2, 0.25) is 0 Å². The lowest BCUT2D eigenvalue weighted by Gasteiger charge is -2.28. The maximum atomic E-state index is 14.0. The maximum absolute atomic E-state index is 14.0. The zero-order valence-electron chi connectivity index (χ0n) is 23.3. The van der Waals surface area contributed by atoms with Crippen LogP contribution in [0.25, 0.3) is 11.4 Å². The van der Waals surface area contributed by atoms with Crippen molar-refractivity contribution in [3.63, 3.8) is 0 Å². The van der Waals surface area contributed by atoms with Gasteiger partial charge in [0, 0.05) is 12.1 Å². The number of hydrogen-bond donors (Lipinski definition) is 2. The molecule has 3 aromatic rings. The Balaban J connectivity index is 1.53. The van der Waals surface area contributed by atoms with Gasteiger partial charge in [-0.25, -0.2) is 4.79 Å². The van der Waals surface area contributed by atoms with E-state index in [4.69, 9.17) is 14.0 Å². The number of amides is 1. The quantitative estimate of drug-likeness (QED) is 0.355. The Bertz CT molecular complexity index is 1380. The predicted octanol–water partition coefficient (Wildman–Crippen LogP) is 5.65. The van der Waals surface area contributed by atoms with Crippen molar-refractivity contribution < 1.29 is 37.1 Å². The van der Waals surface area contributed by atoms with Crippen LogP contribution in [0.3, 0.4) is 0 Å². The van der Waals surface area contributed by atoms with Crippen molar-refractivity contribution in [2.24, 2.45) is 0 Å². The number of carbonyl (C=O) groups excluding carboxylic acids is 1. The third kappa shape index (κ3) is 7.37. The van der Waals surface area contributed by atoms with Gasteiger partial charge >= 0.3 is 12.3 Å². The molecule has 2 N–H and O–H groups in total. The second-order valence-corrected chi connectivity index (χ2v) is 10.7. The first-order valence-corrected chi connectivity index (χ1v) is 13.1. The predicted molar refractivity (Wildman–Crippen MR) is 144 cm³/mol. The number of halogens is 3. The number of aliphatic hydroxyl groups excluding tert-OH is 1. The van der Waals surface area contributed by atoms with Crippen molar-refractivity contribution in [1.29, 1.82) is 0 Å². The largest absolute Gasteiger partial charge is 0.497 e. The zero-order chi connectivity index (χ0) is 29.9. The number of aryl methyl sites for hydroxylation is 2. The standard InChI is InChI=1S/C29H33F3N4O5/c1-17(33-27(38)40-28(2,3)4)36-15-14-23(37)24(36)26-34-25(35-41-26)20-11-10-19(22(16-20)29(30,31)32)9-6-18-7-12-21(39-5)13-8-18/h7-8,10-13,16,23-24,37H,1,6,9,14-15H2,2-5H3,(H,33,38)/t23-,24-/m0/s1. The smallest absolute Gasteiger partial charge is 0.416 e. The molecule has 0 aliphatic carbocycles. The molecule has 0 saturated carbocycles. The van der Waals surface area contributed by atoms with Gasteiger partial charge in [0.1, 0.15) is 23.2 Å². The van der Waals surface area contributed by atoms with Gasteiger partial charge in [0.15, 0.2) is 0 Å². The number of hydrogen-bond acceptors (Lipinski definition) is 8. The molecule has 1 aromatic heterocycles. The number of ether oxygens (including phenoxy) is 2. The number of methoxy groups -OCH3 is 1. The molecule has 0 radical (unpaired) electrons. The zero-order valence-corrected chi connectivity index (χ0v) is 23.3. The molecule has 1 aliphatic heterocycles. The lowest BCUT2D eigenvalue weighted by Crippen LogP contribution is -2.38. The summed E-state index contributed by atoms with van der Waals surface area (Å²) in [6, 6.07) is 10.2. The van der Waals surface area contributed by atoms with Crippen LogP contribution in [0.1, 0.15) is 55.8 Å². The molecule has 1 fully saturated rings. The number of benzene rings is 2. The lowest BCUT2D eigenvalue weighted by molar-refractivity contribution is -0.138. The Morgan fingerprint density at radius 2 is 1.88 bits per heavy atom. The van der Waals surface area contributed by atoms with E-state index < -0.39 is 35.6 Å². The summed E-state index contributed by atoms with van der Waals surface area (Å²) in [5, 5.41) is 17.0. The van der Waals surface area contributed by atoms with Crippen LogP contribution in [0, 0.1) is 0 Å². The van der Waals surface area contributed by atoms with Crippen LogP contribution in [0.15, 0.2) is 59.4 Å². The van der Waals surface area contributed by atoms with E-state index in [0.29, 0.717) is 25.1 Å². The number of nitrogens with zero attached hydrogens (tertiary/aromatic N) is 3. The van der Waals surface area contributed by atoms with Crippen molar-refractivity contribution >= 4 is 6.09 Å². The third-order valence-corrected chi connectivity index (χ3v) is 6.57. The molecule has 220 valence electrons. The Morgan fingerprint density at radius 1 is 1.17 bits per heavy atom. The van der Waals surface area contributed by atoms with E-state index in [1.165, 1.54) is 12.1 Å². The van der Waals surface area contributed by atoms with Crippen LogP contribution in [-0.2, 0) is 23.8 Å². The number of nitrogens with one attached hydrogen (secondary N) is 1. The molecule has 1 saturated heterocycles. The summed E-state index contributed by atoms with van der Waals surface area (Å²) in [5.74, 6) is 0.748. The first-order chi connectivity index (χ1) is 19.2. The summed E-state index contributed by atoms with van der Waals surface area (Å²) >= 11 is 0. The minimum atomic E-state index is -4.60. The fourth-order valence-corrected chi connectivity index (χ4v) is 4.61. The molecular weight excluding hydrogens is 541 g/mol. The van der Waals surface area contributed by atoms with Gasteiger partial charge in [-0.15, -0.1) is 0 Å². The first-order valence-electron chi connectivity index (χ1n) is 13.1. The van der Waals surface area contributed by atoms with Crippen molar-refractivity contribution in [1.82, 2.24) is 20.4 Å². The number of rotatable bonds is 8. The van der Waals surface area contributed by atoms with Gasteiger partial charge in [-0.05, 0) is 69.4 Å². The second-order valence-electron chi connectivity index (χ2n) is 10.7. The van der Waals surface area contributed by atoms with Crippen molar-refractivity contribution in [3.05, 3.63) is 77.4 Å². The third-order valence-electron chi connectivity index (χ3n) is 6.57. The van der Waals surface area contributed by atoms with Crippen LogP contribution >= 0.6 is 0 Å². The summed E-state index contributed by atoms with van der Waals surface area (Å²) in [6.45, 7) is 9.33. The molecule has 0 bridgehead atoms. The van der Waals surface area contributed by atoms with E-state index in [1.807, 2.05) is 12.1 Å². The minimum Gasteiger partial charge on any atom is -0.497 e. The average Bonchev–Trinajstić information content (AvgIpc) is 3.52. The van der Waals surface area contributed by atoms with Gasteiger partial charge < -0.3 is 24.0 Å². The summed E-state index contributed by atoms with van der Waals surface area (Å²) in [5.41, 5.74) is -0.371.